The van der Waals surface area contributed by atoms with Gasteiger partial charge in [-0.05, 0) is 56.7 Å². The molecular formula is C28H27F3N6O5S2. The van der Waals surface area contributed by atoms with E-state index in [2.05, 4.69) is 9.94 Å². The molecule has 0 spiro atoms. The van der Waals surface area contributed by atoms with Crippen molar-refractivity contribution in [2.45, 2.75) is 56.8 Å². The van der Waals surface area contributed by atoms with E-state index in [1.54, 1.807) is 13.0 Å². The first-order valence-corrected chi connectivity index (χ1v) is 15.7. The van der Waals surface area contributed by atoms with Crippen molar-refractivity contribution in [3.63, 3.8) is 0 Å². The Balaban J connectivity index is 0.00000529. The highest BCUT2D eigenvalue weighted by atomic mass is 32.2. The van der Waals surface area contributed by atoms with Crippen molar-refractivity contribution in [3.05, 3.63) is 93.9 Å². The molecule has 0 N–H and O–H groups in total. The van der Waals surface area contributed by atoms with Crippen LogP contribution in [0.5, 0.6) is 0 Å². The van der Waals surface area contributed by atoms with Crippen molar-refractivity contribution in [3.8, 4) is 6.07 Å². The van der Waals surface area contributed by atoms with E-state index in [0.29, 0.717) is 11.0 Å². The molecular weight excluding hydrogens is 621 g/mol. The topological polar surface area (TPSA) is 138 Å². The maximum atomic E-state index is 14.3. The molecule has 0 aliphatic carbocycles. The van der Waals surface area contributed by atoms with E-state index in [9.17, 15) is 40.1 Å². The van der Waals surface area contributed by atoms with E-state index in [-0.39, 0.29) is 46.5 Å². The number of carbonyl (C=O) groups is 1. The van der Waals surface area contributed by atoms with Crippen LogP contribution in [0.4, 0.5) is 23.7 Å². The Bertz CT molecular complexity index is 1990. The van der Waals surface area contributed by atoms with Crippen molar-refractivity contribution >= 4 is 31.6 Å². The number of rotatable bonds is 6. The number of sulfone groups is 1. The molecule has 0 radical (unpaired) electrons. The SMILES string of the molecule is C.[C-]#[N+]C1=C(C)N(c2cccc(C(F)(F)F)c2)C(=O)N(S(=O)(=O)c2cn(CC)nc2C)[C@@H]1c1ccc(C#N)cc1S(C)(=O)=O. The van der Waals surface area contributed by atoms with E-state index in [1.807, 2.05) is 0 Å². The van der Waals surface area contributed by atoms with Crippen molar-refractivity contribution in [2.75, 3.05) is 11.2 Å². The van der Waals surface area contributed by atoms with Gasteiger partial charge in [-0.3, -0.25) is 9.58 Å². The average Bonchev–Trinajstić information content (AvgIpc) is 3.33. The third-order valence-corrected chi connectivity index (χ3v) is 9.72. The number of hydrogen-bond acceptors (Lipinski definition) is 7. The number of halogens is 3. The van der Waals surface area contributed by atoms with Gasteiger partial charge < -0.3 is 0 Å². The second-order valence-electron chi connectivity index (χ2n) is 9.52. The van der Waals surface area contributed by atoms with Gasteiger partial charge in [0.1, 0.15) is 10.9 Å². The minimum atomic E-state index is -4.95. The first-order chi connectivity index (χ1) is 20.0. The Morgan fingerprint density at radius 2 is 1.75 bits per heavy atom. The molecule has 0 bridgehead atoms. The Hall–Kier alpha value is -4.67. The second-order valence-corrected chi connectivity index (χ2v) is 13.3. The molecule has 2 heterocycles. The summed E-state index contributed by atoms with van der Waals surface area (Å²) in [5.74, 6) is 0. The number of alkyl halides is 3. The number of allylic oxidation sites excluding steroid dienone is 1. The van der Waals surface area contributed by atoms with Crippen molar-refractivity contribution in [1.29, 1.82) is 5.26 Å². The highest BCUT2D eigenvalue weighted by Crippen LogP contribution is 2.45. The fraction of sp³-hybridized carbons (Fsp3) is 0.286. The summed E-state index contributed by atoms with van der Waals surface area (Å²) in [5, 5.41) is 13.5. The van der Waals surface area contributed by atoms with E-state index in [4.69, 9.17) is 6.57 Å². The summed E-state index contributed by atoms with van der Waals surface area (Å²) >= 11 is 0. The van der Waals surface area contributed by atoms with Gasteiger partial charge in [0.2, 0.25) is 5.70 Å². The molecule has 232 valence electrons. The highest BCUT2D eigenvalue weighted by molar-refractivity contribution is 7.91. The first kappa shape index (κ1) is 33.8. The predicted molar refractivity (Wildman–Crippen MR) is 154 cm³/mol. The third kappa shape index (κ3) is 5.78. The number of aromatic nitrogens is 2. The van der Waals surface area contributed by atoms with Gasteiger partial charge in [0.05, 0.1) is 34.4 Å². The number of nitriles is 1. The van der Waals surface area contributed by atoms with Crippen LogP contribution in [-0.2, 0) is 32.6 Å². The first-order valence-electron chi connectivity index (χ1n) is 12.4. The van der Waals surface area contributed by atoms with Crippen LogP contribution in [0.25, 0.3) is 4.85 Å². The second kappa shape index (κ2) is 11.8. The number of benzene rings is 2. The lowest BCUT2D eigenvalue weighted by Crippen LogP contribution is -2.52. The quantitative estimate of drug-likeness (QED) is 0.314. The lowest BCUT2D eigenvalue weighted by molar-refractivity contribution is -0.137. The molecule has 0 saturated carbocycles. The molecule has 3 aromatic rings. The van der Waals surface area contributed by atoms with Gasteiger partial charge in [0, 0.05) is 30.4 Å². The van der Waals surface area contributed by atoms with Crippen LogP contribution < -0.4 is 4.90 Å². The van der Waals surface area contributed by atoms with Crippen LogP contribution in [0.1, 0.15) is 49.7 Å². The summed E-state index contributed by atoms with van der Waals surface area (Å²) in [5.41, 5.74) is -2.57. The predicted octanol–water partition coefficient (Wildman–Crippen LogP) is 5.66. The van der Waals surface area contributed by atoms with Gasteiger partial charge in [-0.1, -0.05) is 19.6 Å². The van der Waals surface area contributed by atoms with Crippen molar-refractivity contribution < 1.29 is 34.8 Å². The van der Waals surface area contributed by atoms with Crippen molar-refractivity contribution in [1.82, 2.24) is 14.1 Å². The molecule has 2 aromatic carbocycles. The monoisotopic (exact) mass is 648 g/mol. The zero-order valence-electron chi connectivity index (χ0n) is 23.1. The molecule has 44 heavy (non-hydrogen) atoms. The van der Waals surface area contributed by atoms with E-state index in [0.717, 1.165) is 42.8 Å². The molecule has 2 amide bonds. The molecule has 1 aromatic heterocycles. The smallest absolute Gasteiger partial charge is 0.277 e. The van der Waals surface area contributed by atoms with E-state index >= 15 is 0 Å². The van der Waals surface area contributed by atoms with E-state index < -0.39 is 59.2 Å². The van der Waals surface area contributed by atoms with Crippen LogP contribution >= 0.6 is 0 Å². The molecule has 0 fully saturated rings. The number of amides is 2. The highest BCUT2D eigenvalue weighted by Gasteiger charge is 2.49. The minimum absolute atomic E-state index is 0. The van der Waals surface area contributed by atoms with Crippen LogP contribution in [0, 0.1) is 24.8 Å². The van der Waals surface area contributed by atoms with Gasteiger partial charge >= 0.3 is 12.2 Å². The number of urea groups is 1. The van der Waals surface area contributed by atoms with Gasteiger partial charge in [-0.25, -0.2) is 30.8 Å². The average molecular weight is 649 g/mol. The van der Waals surface area contributed by atoms with Crippen LogP contribution in [0.3, 0.4) is 0 Å². The number of sulfonamides is 1. The number of hydrogen-bond donors (Lipinski definition) is 0. The molecule has 11 nitrogen and oxygen atoms in total. The number of carbonyl (C=O) groups excluding carboxylic acids is 1. The molecule has 16 heteroatoms. The molecule has 0 unspecified atom stereocenters. The fourth-order valence-electron chi connectivity index (χ4n) is 4.73. The largest absolute Gasteiger partial charge is 0.416 e. The molecule has 1 aliphatic heterocycles. The zero-order chi connectivity index (χ0) is 32.1. The van der Waals surface area contributed by atoms with Crippen molar-refractivity contribution in [2.24, 2.45) is 0 Å². The minimum Gasteiger partial charge on any atom is -0.277 e. The van der Waals surface area contributed by atoms with Gasteiger partial charge in [0.15, 0.2) is 9.84 Å². The molecule has 1 atom stereocenters. The van der Waals surface area contributed by atoms with Crippen LogP contribution in [0.15, 0.2) is 69.8 Å². The van der Waals surface area contributed by atoms with Gasteiger partial charge in [-0.2, -0.15) is 23.5 Å². The molecule has 1 aliphatic rings. The summed E-state index contributed by atoms with van der Waals surface area (Å²) in [6, 6.07) is 5.48. The van der Waals surface area contributed by atoms with Gasteiger partial charge in [-0.15, -0.1) is 0 Å². The van der Waals surface area contributed by atoms with Crippen LogP contribution in [0.2, 0.25) is 0 Å². The lowest BCUT2D eigenvalue weighted by atomic mass is 9.98. The summed E-state index contributed by atoms with van der Waals surface area (Å²) in [7, 11) is -9.13. The van der Waals surface area contributed by atoms with Gasteiger partial charge in [0.25, 0.3) is 10.0 Å². The summed E-state index contributed by atoms with van der Waals surface area (Å²) in [6.07, 6.45) is -2.83. The zero-order valence-corrected chi connectivity index (χ0v) is 24.7. The maximum Gasteiger partial charge on any atom is 0.416 e. The van der Waals surface area contributed by atoms with Crippen LogP contribution in [-0.4, -0.2) is 43.2 Å². The summed E-state index contributed by atoms with van der Waals surface area (Å²) < 4.78 is 96.7. The third-order valence-electron chi connectivity index (χ3n) is 6.73. The standard InChI is InChI=1S/C27H23F3N6O5S2.CH4/c1-6-34-15-23(16(2)33-34)43(40,41)36-25(21-11-10-18(14-31)12-22(21)42(5,38)39)24(32-4)17(3)35(26(36)37)20-9-7-8-19(13-20)27(28,29)30;/h7-13,15,25H,6H2,1-3,5H3;1H4/t25-;/m1./s1. The summed E-state index contributed by atoms with van der Waals surface area (Å²) in [4.78, 5) is 17.4. The number of anilines is 1. The Kier molecular flexibility index (Phi) is 9.06. The Morgan fingerprint density at radius 1 is 1.09 bits per heavy atom. The number of nitrogens with zero attached hydrogens (tertiary/aromatic N) is 6. The van der Waals surface area contributed by atoms with E-state index in [1.165, 1.54) is 24.6 Å². The molecule has 4 rings (SSSR count). The normalized spacial score (nSPS) is 15.9. The maximum absolute atomic E-state index is 14.3. The number of aryl methyl sites for hydroxylation is 2. The lowest BCUT2D eigenvalue weighted by Gasteiger charge is -2.41. The Labute approximate surface area is 253 Å². The fourth-order valence-corrected chi connectivity index (χ4v) is 7.34. The Morgan fingerprint density at radius 3 is 2.27 bits per heavy atom. The summed E-state index contributed by atoms with van der Waals surface area (Å²) in [6.45, 7) is 12.5. The molecule has 0 saturated heterocycles.